The number of benzene rings is 2. The quantitative estimate of drug-likeness (QED) is 0.443. The van der Waals surface area contributed by atoms with E-state index in [1.54, 1.807) is 24.4 Å². The molecule has 1 aliphatic heterocycles. The van der Waals surface area contributed by atoms with Crippen LogP contribution in [0.25, 0.3) is 27.3 Å². The highest BCUT2D eigenvalue weighted by atomic mass is 16.2. The topological polar surface area (TPSA) is 66.7 Å². The number of pyridine rings is 1. The molecule has 1 amide bonds. The predicted octanol–water partition coefficient (Wildman–Crippen LogP) is 2.29. The maximum atomic E-state index is 13.0. The molecule has 3 heterocycles. The lowest BCUT2D eigenvalue weighted by Crippen LogP contribution is -2.49. The number of hydrogen-bond donors (Lipinski definition) is 1. The number of carbonyl (C=O) groups excluding carboxylic acids is 1. The van der Waals surface area contributed by atoms with Crippen molar-refractivity contribution in [3.8, 4) is 0 Å². The standard InChI is InChI=1S/C22H20N4O2/c1-25-12-14(13-25)11-23-21(27)18-7-4-10-26-20(18)24-19-16-6-3-2-5-15(16)8-9-17(19)22(26)28/h2-10,14H,11-13H2,1H3,(H,23,27). The third-order valence-corrected chi connectivity index (χ3v) is 5.47. The largest absolute Gasteiger partial charge is 0.352 e. The Morgan fingerprint density at radius 3 is 2.75 bits per heavy atom. The van der Waals surface area contributed by atoms with Crippen LogP contribution < -0.4 is 10.9 Å². The van der Waals surface area contributed by atoms with E-state index in [-0.39, 0.29) is 11.5 Å². The lowest BCUT2D eigenvalue weighted by atomic mass is 10.0. The summed E-state index contributed by atoms with van der Waals surface area (Å²) in [5.41, 5.74) is 1.27. The number of fused-ring (bicyclic) bond motifs is 4. The average Bonchev–Trinajstić information content (AvgIpc) is 2.70. The predicted molar refractivity (Wildman–Crippen MR) is 110 cm³/mol. The van der Waals surface area contributed by atoms with Crippen LogP contribution in [-0.4, -0.2) is 46.9 Å². The molecule has 0 aliphatic carbocycles. The van der Waals surface area contributed by atoms with E-state index < -0.39 is 0 Å². The van der Waals surface area contributed by atoms with Crippen LogP contribution in [0.3, 0.4) is 0 Å². The number of rotatable bonds is 3. The van der Waals surface area contributed by atoms with Crippen molar-refractivity contribution in [2.24, 2.45) is 5.92 Å². The SMILES string of the molecule is CN1CC(CNC(=O)c2cccn3c(=O)c4ccc5ccccc5c4nc23)C1. The molecule has 4 aromatic rings. The molecule has 1 aliphatic rings. The van der Waals surface area contributed by atoms with E-state index in [4.69, 9.17) is 4.98 Å². The Bertz CT molecular complexity index is 1290. The maximum absolute atomic E-state index is 13.0. The molecular weight excluding hydrogens is 352 g/mol. The van der Waals surface area contributed by atoms with Crippen molar-refractivity contribution in [2.45, 2.75) is 0 Å². The minimum atomic E-state index is -0.195. The first-order chi connectivity index (χ1) is 13.6. The summed E-state index contributed by atoms with van der Waals surface area (Å²) >= 11 is 0. The second-order valence-corrected chi connectivity index (χ2v) is 7.51. The second-order valence-electron chi connectivity index (χ2n) is 7.51. The zero-order valence-corrected chi connectivity index (χ0v) is 15.6. The van der Waals surface area contributed by atoms with Crippen LogP contribution in [0.4, 0.5) is 0 Å². The van der Waals surface area contributed by atoms with Gasteiger partial charge in [0.15, 0.2) is 5.65 Å². The van der Waals surface area contributed by atoms with Crippen molar-refractivity contribution in [1.29, 1.82) is 0 Å². The van der Waals surface area contributed by atoms with Gasteiger partial charge >= 0.3 is 0 Å². The minimum Gasteiger partial charge on any atom is -0.352 e. The Morgan fingerprint density at radius 2 is 1.93 bits per heavy atom. The third kappa shape index (κ3) is 2.65. The molecule has 0 bridgehead atoms. The number of amides is 1. The van der Waals surface area contributed by atoms with Gasteiger partial charge in [0.25, 0.3) is 11.5 Å². The summed E-state index contributed by atoms with van der Waals surface area (Å²) in [5.74, 6) is 0.281. The lowest BCUT2D eigenvalue weighted by molar-refractivity contribution is 0.0899. The maximum Gasteiger partial charge on any atom is 0.265 e. The summed E-state index contributed by atoms with van der Waals surface area (Å²) in [5, 5.41) is 5.47. The van der Waals surface area contributed by atoms with Crippen LogP contribution in [0.15, 0.2) is 59.5 Å². The van der Waals surface area contributed by atoms with E-state index in [0.29, 0.717) is 34.6 Å². The van der Waals surface area contributed by atoms with Crippen LogP contribution in [-0.2, 0) is 0 Å². The Kier molecular flexibility index (Phi) is 3.87. The molecule has 0 saturated carbocycles. The smallest absolute Gasteiger partial charge is 0.265 e. The summed E-state index contributed by atoms with van der Waals surface area (Å²) < 4.78 is 1.46. The summed E-state index contributed by atoms with van der Waals surface area (Å²) in [6.07, 6.45) is 1.66. The molecule has 0 unspecified atom stereocenters. The van der Waals surface area contributed by atoms with Crippen LogP contribution in [0.5, 0.6) is 0 Å². The lowest BCUT2D eigenvalue weighted by Gasteiger charge is -2.36. The van der Waals surface area contributed by atoms with Crippen molar-refractivity contribution in [3.63, 3.8) is 0 Å². The molecular formula is C22H20N4O2. The fourth-order valence-corrected chi connectivity index (χ4v) is 4.03. The Labute approximate surface area is 161 Å². The van der Waals surface area contributed by atoms with E-state index in [2.05, 4.69) is 17.3 Å². The Hall–Kier alpha value is -3.25. The van der Waals surface area contributed by atoms with Gasteiger partial charge in [-0.3, -0.25) is 14.0 Å². The van der Waals surface area contributed by atoms with Gasteiger partial charge in [-0.05, 0) is 30.6 Å². The molecule has 0 radical (unpaired) electrons. The fourth-order valence-electron chi connectivity index (χ4n) is 4.03. The summed E-state index contributed by atoms with van der Waals surface area (Å²) in [7, 11) is 2.06. The zero-order chi connectivity index (χ0) is 19.3. The summed E-state index contributed by atoms with van der Waals surface area (Å²) in [4.78, 5) is 32.8. The van der Waals surface area contributed by atoms with E-state index in [0.717, 1.165) is 23.9 Å². The number of nitrogens with one attached hydrogen (secondary N) is 1. The van der Waals surface area contributed by atoms with Gasteiger partial charge in [-0.15, -0.1) is 0 Å². The molecule has 6 nitrogen and oxygen atoms in total. The highest BCUT2D eigenvalue weighted by molar-refractivity contribution is 6.07. The van der Waals surface area contributed by atoms with Crippen LogP contribution in [0.1, 0.15) is 10.4 Å². The number of carbonyl (C=O) groups is 1. The fraction of sp³-hybridized carbons (Fsp3) is 0.227. The van der Waals surface area contributed by atoms with Gasteiger partial charge in [0.1, 0.15) is 0 Å². The summed E-state index contributed by atoms with van der Waals surface area (Å²) in [6, 6.07) is 15.0. The van der Waals surface area contributed by atoms with Crippen molar-refractivity contribution in [3.05, 3.63) is 70.6 Å². The van der Waals surface area contributed by atoms with Crippen LogP contribution in [0, 0.1) is 5.92 Å². The highest BCUT2D eigenvalue weighted by Crippen LogP contribution is 2.23. The molecule has 2 aromatic carbocycles. The van der Waals surface area contributed by atoms with Gasteiger partial charge in [-0.1, -0.05) is 30.3 Å². The highest BCUT2D eigenvalue weighted by Gasteiger charge is 2.24. The van der Waals surface area contributed by atoms with E-state index >= 15 is 0 Å². The molecule has 28 heavy (non-hydrogen) atoms. The molecule has 6 heteroatoms. The zero-order valence-electron chi connectivity index (χ0n) is 15.6. The second kappa shape index (κ2) is 6.42. The van der Waals surface area contributed by atoms with E-state index in [1.165, 1.54) is 4.40 Å². The first kappa shape index (κ1) is 16.9. The monoisotopic (exact) mass is 372 g/mol. The first-order valence-corrected chi connectivity index (χ1v) is 9.41. The number of nitrogens with zero attached hydrogens (tertiary/aromatic N) is 3. The van der Waals surface area contributed by atoms with Gasteiger partial charge in [0.05, 0.1) is 16.5 Å². The number of aromatic nitrogens is 2. The molecule has 2 aromatic heterocycles. The van der Waals surface area contributed by atoms with E-state index in [9.17, 15) is 9.59 Å². The molecule has 0 atom stereocenters. The Balaban J connectivity index is 1.64. The van der Waals surface area contributed by atoms with Crippen molar-refractivity contribution < 1.29 is 4.79 Å². The van der Waals surface area contributed by atoms with Crippen molar-refractivity contribution >= 4 is 33.2 Å². The van der Waals surface area contributed by atoms with Crippen molar-refractivity contribution in [2.75, 3.05) is 26.7 Å². The number of likely N-dealkylation sites (tertiary alicyclic amines) is 1. The molecule has 0 spiro atoms. The molecule has 1 fully saturated rings. The molecule has 5 rings (SSSR count). The average molecular weight is 372 g/mol. The van der Waals surface area contributed by atoms with E-state index in [1.807, 2.05) is 30.3 Å². The van der Waals surface area contributed by atoms with Crippen LogP contribution >= 0.6 is 0 Å². The van der Waals surface area contributed by atoms with Gasteiger partial charge in [0, 0.05) is 37.1 Å². The van der Waals surface area contributed by atoms with Gasteiger partial charge < -0.3 is 10.2 Å². The van der Waals surface area contributed by atoms with Gasteiger partial charge in [-0.25, -0.2) is 4.98 Å². The van der Waals surface area contributed by atoms with Crippen LogP contribution in [0.2, 0.25) is 0 Å². The van der Waals surface area contributed by atoms with Gasteiger partial charge in [-0.2, -0.15) is 0 Å². The van der Waals surface area contributed by atoms with Crippen molar-refractivity contribution in [1.82, 2.24) is 19.6 Å². The van der Waals surface area contributed by atoms with Gasteiger partial charge in [0.2, 0.25) is 0 Å². The molecule has 1 saturated heterocycles. The molecule has 140 valence electrons. The summed E-state index contributed by atoms with van der Waals surface area (Å²) in [6.45, 7) is 2.61. The molecule has 1 N–H and O–H groups in total. The first-order valence-electron chi connectivity index (χ1n) is 9.41. The number of hydrogen-bond acceptors (Lipinski definition) is 4. The third-order valence-electron chi connectivity index (χ3n) is 5.47. The minimum absolute atomic E-state index is 0.166. The Morgan fingerprint density at radius 1 is 1.11 bits per heavy atom. The normalized spacial score (nSPS) is 15.2.